The molecule has 0 unspecified atom stereocenters. The molecule has 1 aliphatic rings. The lowest BCUT2D eigenvalue weighted by atomic mass is 9.91. The molecule has 1 rings (SSSR count). The molecule has 0 saturated heterocycles. The molecule has 0 amide bonds. The van der Waals surface area contributed by atoms with Gasteiger partial charge in [-0.15, -0.1) is 6.58 Å². The number of hydrogen-bond donors (Lipinski definition) is 0. The van der Waals surface area contributed by atoms with Gasteiger partial charge in [-0.1, -0.05) is 45.1 Å². The van der Waals surface area contributed by atoms with E-state index in [-0.39, 0.29) is 0 Å². The van der Waals surface area contributed by atoms with Gasteiger partial charge in [0.25, 0.3) is 0 Å². The van der Waals surface area contributed by atoms with E-state index in [1.165, 1.54) is 32.1 Å². The van der Waals surface area contributed by atoms with Gasteiger partial charge in [0.1, 0.15) is 0 Å². The van der Waals surface area contributed by atoms with E-state index in [0.717, 1.165) is 12.0 Å². The topological polar surface area (TPSA) is 18.5 Å². The van der Waals surface area contributed by atoms with Crippen LogP contribution in [0.25, 0.3) is 0 Å². The van der Waals surface area contributed by atoms with Crippen LogP contribution in [0.4, 0.5) is 0 Å². The minimum absolute atomic E-state index is 0.882. The molecule has 0 radical (unpaired) electrons. The van der Waals surface area contributed by atoms with Crippen molar-refractivity contribution >= 4 is 9.28 Å². The Bertz CT molecular complexity index is 141. The van der Waals surface area contributed by atoms with E-state index in [4.69, 9.17) is 8.85 Å². The Balaban J connectivity index is 0.000000262. The summed E-state index contributed by atoms with van der Waals surface area (Å²) in [5.74, 6) is 1.04. The maximum Gasteiger partial charge on any atom is 0.324 e. The summed E-state index contributed by atoms with van der Waals surface area (Å²) in [6.07, 6.45) is 9.26. The second kappa shape index (κ2) is 10.4. The molecule has 1 saturated carbocycles. The van der Waals surface area contributed by atoms with Crippen LogP contribution in [0.15, 0.2) is 12.7 Å². The van der Waals surface area contributed by atoms with Crippen molar-refractivity contribution in [3.8, 4) is 0 Å². The zero-order chi connectivity index (χ0) is 11.5. The van der Waals surface area contributed by atoms with Gasteiger partial charge in [-0.2, -0.15) is 0 Å². The molecule has 0 atom stereocenters. The highest BCUT2D eigenvalue weighted by Gasteiger charge is 2.06. The summed E-state index contributed by atoms with van der Waals surface area (Å²) in [7, 11) is 2.03. The van der Waals surface area contributed by atoms with Gasteiger partial charge in [0.2, 0.25) is 0 Å². The predicted octanol–water partition coefficient (Wildman–Crippen LogP) is 3.27. The van der Waals surface area contributed by atoms with E-state index in [9.17, 15) is 0 Å². The second-order valence-corrected chi connectivity index (χ2v) is 6.44. The van der Waals surface area contributed by atoms with E-state index in [1.54, 1.807) is 14.2 Å². The van der Waals surface area contributed by atoms with Crippen LogP contribution in [0.5, 0.6) is 0 Å². The van der Waals surface area contributed by atoms with Crippen LogP contribution >= 0.6 is 0 Å². The van der Waals surface area contributed by atoms with Crippen LogP contribution in [0.1, 0.15) is 39.0 Å². The third-order valence-corrected chi connectivity index (χ3v) is 4.55. The molecule has 90 valence electrons. The molecule has 0 aliphatic heterocycles. The van der Waals surface area contributed by atoms with Crippen LogP contribution < -0.4 is 0 Å². The molecular weight excluding hydrogens is 204 g/mol. The highest BCUT2D eigenvalue weighted by molar-refractivity contribution is 6.44. The largest absolute Gasteiger partial charge is 0.400 e. The maximum atomic E-state index is 4.99. The molecule has 0 spiro atoms. The van der Waals surface area contributed by atoms with Gasteiger partial charge in [0.05, 0.1) is 0 Å². The lowest BCUT2D eigenvalue weighted by Gasteiger charge is -2.15. The quantitative estimate of drug-likeness (QED) is 0.545. The van der Waals surface area contributed by atoms with Crippen LogP contribution in [-0.2, 0) is 8.85 Å². The molecule has 2 nitrogen and oxygen atoms in total. The zero-order valence-corrected chi connectivity index (χ0v) is 11.7. The second-order valence-electron chi connectivity index (χ2n) is 4.17. The standard InChI is InChI=1S/C7H14.C5H12O2Si/c1-7-5-3-2-4-6-7;1-4-5-8(6-2)7-3/h7H,2-6H2,1H3;4,8H,1,5H2,2-3H3. The summed E-state index contributed by atoms with van der Waals surface area (Å²) in [4.78, 5) is 0. The smallest absolute Gasteiger partial charge is 0.324 e. The summed E-state index contributed by atoms with van der Waals surface area (Å²) in [5.41, 5.74) is 0. The van der Waals surface area contributed by atoms with Crippen molar-refractivity contribution in [2.24, 2.45) is 5.92 Å². The van der Waals surface area contributed by atoms with Crippen molar-refractivity contribution < 1.29 is 8.85 Å². The van der Waals surface area contributed by atoms with E-state index in [0.29, 0.717) is 0 Å². The summed E-state index contributed by atoms with van der Waals surface area (Å²) in [6, 6.07) is 0.882. The fourth-order valence-corrected chi connectivity index (χ4v) is 2.58. The number of hydrogen-bond acceptors (Lipinski definition) is 2. The van der Waals surface area contributed by atoms with E-state index in [1.807, 2.05) is 6.08 Å². The molecule has 15 heavy (non-hydrogen) atoms. The molecule has 0 N–H and O–H groups in total. The molecular formula is C12H26O2Si. The molecule has 0 bridgehead atoms. The molecule has 1 aliphatic carbocycles. The molecule has 0 aromatic rings. The summed E-state index contributed by atoms with van der Waals surface area (Å²) >= 11 is 0. The summed E-state index contributed by atoms with van der Waals surface area (Å²) < 4.78 is 9.97. The first kappa shape index (κ1) is 14.9. The Hall–Kier alpha value is -0.123. The van der Waals surface area contributed by atoms with Crippen LogP contribution in [0.3, 0.4) is 0 Å². The van der Waals surface area contributed by atoms with Crippen molar-refractivity contribution in [2.75, 3.05) is 14.2 Å². The van der Waals surface area contributed by atoms with Crippen molar-refractivity contribution in [3.05, 3.63) is 12.7 Å². The molecule has 0 heterocycles. The Labute approximate surface area is 96.5 Å². The van der Waals surface area contributed by atoms with Crippen LogP contribution in [0.2, 0.25) is 6.04 Å². The summed E-state index contributed by atoms with van der Waals surface area (Å²) in [6.45, 7) is 5.93. The molecule has 3 heteroatoms. The maximum absolute atomic E-state index is 4.99. The van der Waals surface area contributed by atoms with Crippen molar-refractivity contribution in [3.63, 3.8) is 0 Å². The lowest BCUT2D eigenvalue weighted by molar-refractivity contribution is 0.281. The molecule has 1 fully saturated rings. The van der Waals surface area contributed by atoms with Gasteiger partial charge in [0, 0.05) is 20.3 Å². The fourth-order valence-electron chi connectivity index (χ4n) is 1.73. The monoisotopic (exact) mass is 230 g/mol. The Morgan fingerprint density at radius 2 is 1.73 bits per heavy atom. The van der Waals surface area contributed by atoms with Gasteiger partial charge in [-0.3, -0.25) is 0 Å². The molecule has 0 aromatic heterocycles. The third-order valence-electron chi connectivity index (χ3n) is 2.78. The van der Waals surface area contributed by atoms with Crippen LogP contribution in [-0.4, -0.2) is 23.5 Å². The SMILES string of the molecule is C=CC[SiH](OC)OC.CC1CCCCC1. The Kier molecular flexibility index (Phi) is 10.3. The van der Waals surface area contributed by atoms with Crippen LogP contribution in [0, 0.1) is 5.92 Å². The van der Waals surface area contributed by atoms with Gasteiger partial charge in [-0.05, 0) is 5.92 Å². The normalized spacial score (nSPS) is 17.1. The van der Waals surface area contributed by atoms with E-state index < -0.39 is 9.28 Å². The highest BCUT2D eigenvalue weighted by atomic mass is 28.3. The molecule has 0 aromatic carbocycles. The first-order valence-electron chi connectivity index (χ1n) is 5.91. The first-order valence-corrected chi connectivity index (χ1v) is 7.67. The van der Waals surface area contributed by atoms with E-state index >= 15 is 0 Å². The minimum atomic E-state index is -1.31. The van der Waals surface area contributed by atoms with E-state index in [2.05, 4.69) is 13.5 Å². The minimum Gasteiger partial charge on any atom is -0.400 e. The first-order chi connectivity index (χ1) is 7.24. The highest BCUT2D eigenvalue weighted by Crippen LogP contribution is 2.22. The van der Waals surface area contributed by atoms with Gasteiger partial charge in [-0.25, -0.2) is 0 Å². The summed E-state index contributed by atoms with van der Waals surface area (Å²) in [5, 5.41) is 0. The van der Waals surface area contributed by atoms with Crippen molar-refractivity contribution in [2.45, 2.75) is 45.1 Å². The number of rotatable bonds is 4. The Morgan fingerprint density at radius 1 is 1.20 bits per heavy atom. The lowest BCUT2D eigenvalue weighted by Crippen LogP contribution is -2.16. The fraction of sp³-hybridized carbons (Fsp3) is 0.833. The Morgan fingerprint density at radius 3 is 1.93 bits per heavy atom. The zero-order valence-electron chi connectivity index (χ0n) is 10.5. The van der Waals surface area contributed by atoms with Gasteiger partial charge < -0.3 is 8.85 Å². The average molecular weight is 230 g/mol. The van der Waals surface area contributed by atoms with Crippen molar-refractivity contribution in [1.29, 1.82) is 0 Å². The average Bonchev–Trinajstić information content (AvgIpc) is 2.28. The third kappa shape index (κ3) is 8.84. The predicted molar refractivity (Wildman–Crippen MR) is 68.4 cm³/mol. The van der Waals surface area contributed by atoms with Crippen molar-refractivity contribution in [1.82, 2.24) is 0 Å². The number of allylic oxidation sites excluding steroid dienone is 1. The van der Waals surface area contributed by atoms with Gasteiger partial charge >= 0.3 is 9.28 Å². The van der Waals surface area contributed by atoms with Gasteiger partial charge in [0.15, 0.2) is 0 Å².